The Kier molecular flexibility index (Phi) is 4.92. The highest BCUT2D eigenvalue weighted by Crippen LogP contribution is 2.49. The molecule has 2 aromatic carbocycles. The van der Waals surface area contributed by atoms with Crippen molar-refractivity contribution in [1.29, 1.82) is 0 Å². The fourth-order valence-corrected chi connectivity index (χ4v) is 2.66. The molecule has 0 unspecified atom stereocenters. The lowest BCUT2D eigenvalue weighted by Crippen LogP contribution is -2.23. The Hall–Kier alpha value is -3.29. The van der Waals surface area contributed by atoms with Crippen LogP contribution in [-0.4, -0.2) is 39.1 Å². The molecule has 0 aromatic heterocycles. The molecule has 8 heteroatoms. The molecular weight excluding hydrogens is 342 g/mol. The van der Waals surface area contributed by atoms with Gasteiger partial charge >= 0.3 is 0 Å². The molecule has 0 fully saturated rings. The molecule has 0 radical (unpaired) electrons. The van der Waals surface area contributed by atoms with E-state index in [1.165, 1.54) is 33.5 Å². The van der Waals surface area contributed by atoms with Gasteiger partial charge in [0.15, 0.2) is 23.0 Å². The summed E-state index contributed by atoms with van der Waals surface area (Å²) in [6, 6.07) is 6.43. The molecule has 2 aromatic rings. The highest BCUT2D eigenvalue weighted by molar-refractivity contribution is 5.99. The van der Waals surface area contributed by atoms with Crippen LogP contribution in [0.25, 0.3) is 0 Å². The summed E-state index contributed by atoms with van der Waals surface area (Å²) in [6.07, 6.45) is 0. The maximum Gasteiger partial charge on any atom is 0.255 e. The number of methoxy groups -OCH3 is 3. The number of amides is 1. The van der Waals surface area contributed by atoms with E-state index in [1.54, 1.807) is 12.1 Å². The number of hydrogen-bond acceptors (Lipinski definition) is 7. The van der Waals surface area contributed by atoms with Crippen molar-refractivity contribution < 1.29 is 33.6 Å². The van der Waals surface area contributed by atoms with Gasteiger partial charge < -0.3 is 34.1 Å². The molecule has 138 valence electrons. The number of ether oxygens (including phenoxy) is 5. The molecule has 26 heavy (non-hydrogen) atoms. The molecule has 0 spiro atoms. The molecule has 0 bridgehead atoms. The van der Waals surface area contributed by atoms with E-state index in [0.29, 0.717) is 28.6 Å². The van der Waals surface area contributed by atoms with Gasteiger partial charge in [-0.3, -0.25) is 4.79 Å². The second-order valence-corrected chi connectivity index (χ2v) is 5.41. The molecule has 2 N–H and O–H groups in total. The standard InChI is InChI=1S/C18H19NO7/c1-22-13-5-4-10(6-12(13)20)8-19-18(21)11-7-14(23-2)16-17(15(11)24-3)26-9-25-16/h4-7,20H,8-9H2,1-3H3,(H,19,21). The summed E-state index contributed by atoms with van der Waals surface area (Å²) >= 11 is 0. The molecule has 1 aliphatic heterocycles. The predicted octanol–water partition coefficient (Wildman–Crippen LogP) is 2.08. The van der Waals surface area contributed by atoms with Crippen LogP contribution in [0.15, 0.2) is 24.3 Å². The van der Waals surface area contributed by atoms with Crippen LogP contribution in [0.5, 0.6) is 34.5 Å². The number of benzene rings is 2. The van der Waals surface area contributed by atoms with Gasteiger partial charge in [0.05, 0.1) is 26.9 Å². The first-order chi connectivity index (χ1) is 12.6. The largest absolute Gasteiger partial charge is 0.504 e. The molecule has 1 amide bonds. The van der Waals surface area contributed by atoms with Crippen LogP contribution in [0.1, 0.15) is 15.9 Å². The van der Waals surface area contributed by atoms with Crippen LogP contribution >= 0.6 is 0 Å². The number of rotatable bonds is 6. The van der Waals surface area contributed by atoms with Gasteiger partial charge in [0, 0.05) is 12.6 Å². The Morgan fingerprint density at radius 2 is 1.81 bits per heavy atom. The van der Waals surface area contributed by atoms with Crippen molar-refractivity contribution in [2.24, 2.45) is 0 Å². The number of fused-ring (bicyclic) bond motifs is 1. The summed E-state index contributed by atoms with van der Waals surface area (Å²) in [6.45, 7) is 0.231. The fourth-order valence-electron chi connectivity index (χ4n) is 2.66. The minimum atomic E-state index is -0.381. The van der Waals surface area contributed by atoms with Crippen LogP contribution in [0.2, 0.25) is 0 Å². The molecule has 0 aliphatic carbocycles. The van der Waals surface area contributed by atoms with E-state index >= 15 is 0 Å². The van der Waals surface area contributed by atoms with Gasteiger partial charge in [0.2, 0.25) is 18.3 Å². The zero-order valence-electron chi connectivity index (χ0n) is 14.6. The summed E-state index contributed by atoms with van der Waals surface area (Å²) in [5.41, 5.74) is 0.967. The first-order valence-electron chi connectivity index (χ1n) is 7.77. The van der Waals surface area contributed by atoms with Crippen molar-refractivity contribution in [3.63, 3.8) is 0 Å². The summed E-state index contributed by atoms with van der Waals surface area (Å²) in [5.74, 6) is 1.37. The minimum absolute atomic E-state index is 0.00146. The number of carbonyl (C=O) groups is 1. The highest BCUT2D eigenvalue weighted by atomic mass is 16.7. The second-order valence-electron chi connectivity index (χ2n) is 5.41. The van der Waals surface area contributed by atoms with Gasteiger partial charge in [-0.15, -0.1) is 0 Å². The second kappa shape index (κ2) is 7.30. The third-order valence-corrected chi connectivity index (χ3v) is 3.93. The van der Waals surface area contributed by atoms with Gasteiger partial charge in [0.25, 0.3) is 5.91 Å². The number of nitrogens with one attached hydrogen (secondary N) is 1. The quantitative estimate of drug-likeness (QED) is 0.813. The Labute approximate surface area is 150 Å². The highest BCUT2D eigenvalue weighted by Gasteiger charge is 2.29. The van der Waals surface area contributed by atoms with Crippen molar-refractivity contribution in [3.8, 4) is 34.5 Å². The van der Waals surface area contributed by atoms with Crippen molar-refractivity contribution in [3.05, 3.63) is 35.4 Å². The SMILES string of the molecule is COc1ccc(CNC(=O)c2cc(OC)c3c(c2OC)OCO3)cc1O. The van der Waals surface area contributed by atoms with Gasteiger partial charge in [-0.1, -0.05) is 6.07 Å². The predicted molar refractivity (Wildman–Crippen MR) is 91.5 cm³/mol. The fraction of sp³-hybridized carbons (Fsp3) is 0.278. The topological polar surface area (TPSA) is 95.5 Å². The van der Waals surface area contributed by atoms with E-state index in [-0.39, 0.29) is 36.3 Å². The molecule has 0 atom stereocenters. The molecule has 1 heterocycles. The van der Waals surface area contributed by atoms with Crippen molar-refractivity contribution in [2.45, 2.75) is 6.54 Å². The van der Waals surface area contributed by atoms with Crippen LogP contribution in [0.4, 0.5) is 0 Å². The minimum Gasteiger partial charge on any atom is -0.504 e. The number of aromatic hydroxyl groups is 1. The Morgan fingerprint density at radius 3 is 2.46 bits per heavy atom. The van der Waals surface area contributed by atoms with E-state index in [9.17, 15) is 9.90 Å². The van der Waals surface area contributed by atoms with E-state index in [0.717, 1.165) is 0 Å². The van der Waals surface area contributed by atoms with Crippen LogP contribution in [0.3, 0.4) is 0 Å². The lowest BCUT2D eigenvalue weighted by atomic mass is 10.1. The first kappa shape index (κ1) is 17.5. The molecule has 3 rings (SSSR count). The van der Waals surface area contributed by atoms with E-state index < -0.39 is 0 Å². The molecular formula is C18H19NO7. The average molecular weight is 361 g/mol. The lowest BCUT2D eigenvalue weighted by molar-refractivity contribution is 0.0946. The Balaban J connectivity index is 1.83. The average Bonchev–Trinajstić information content (AvgIpc) is 3.14. The van der Waals surface area contributed by atoms with E-state index in [2.05, 4.69) is 5.32 Å². The summed E-state index contributed by atoms with van der Waals surface area (Å²) < 4.78 is 26.4. The molecule has 0 saturated heterocycles. The van der Waals surface area contributed by atoms with Gasteiger partial charge in [0.1, 0.15) is 0 Å². The maximum absolute atomic E-state index is 12.6. The van der Waals surface area contributed by atoms with Crippen molar-refractivity contribution >= 4 is 5.91 Å². The maximum atomic E-state index is 12.6. The third-order valence-electron chi connectivity index (χ3n) is 3.93. The monoisotopic (exact) mass is 361 g/mol. The van der Waals surface area contributed by atoms with Gasteiger partial charge in [-0.25, -0.2) is 0 Å². The smallest absolute Gasteiger partial charge is 0.255 e. The lowest BCUT2D eigenvalue weighted by Gasteiger charge is -2.14. The van der Waals surface area contributed by atoms with E-state index in [4.69, 9.17) is 23.7 Å². The van der Waals surface area contributed by atoms with Crippen molar-refractivity contribution in [2.75, 3.05) is 28.1 Å². The molecule has 8 nitrogen and oxygen atoms in total. The zero-order chi connectivity index (χ0) is 18.7. The molecule has 1 aliphatic rings. The Bertz CT molecular complexity index is 835. The first-order valence-corrected chi connectivity index (χ1v) is 7.77. The normalized spacial score (nSPS) is 11.8. The van der Waals surface area contributed by atoms with Crippen LogP contribution in [-0.2, 0) is 6.54 Å². The number of hydrogen-bond donors (Lipinski definition) is 2. The number of carbonyl (C=O) groups excluding carboxylic acids is 1. The zero-order valence-corrected chi connectivity index (χ0v) is 14.6. The van der Waals surface area contributed by atoms with Crippen LogP contribution < -0.4 is 29.0 Å². The van der Waals surface area contributed by atoms with Crippen LogP contribution in [0, 0.1) is 0 Å². The van der Waals surface area contributed by atoms with E-state index in [1.807, 2.05) is 0 Å². The Morgan fingerprint density at radius 1 is 1.08 bits per heavy atom. The van der Waals surface area contributed by atoms with Gasteiger partial charge in [-0.2, -0.15) is 0 Å². The van der Waals surface area contributed by atoms with Gasteiger partial charge in [-0.05, 0) is 17.7 Å². The number of phenolic OH excluding ortho intramolecular Hbond substituents is 1. The summed E-state index contributed by atoms with van der Waals surface area (Å²) in [4.78, 5) is 12.6. The van der Waals surface area contributed by atoms with Crippen molar-refractivity contribution in [1.82, 2.24) is 5.32 Å². The summed E-state index contributed by atoms with van der Waals surface area (Å²) in [5, 5.41) is 12.6. The molecule has 0 saturated carbocycles. The third kappa shape index (κ3) is 3.13. The summed E-state index contributed by atoms with van der Waals surface area (Å²) in [7, 11) is 4.39. The number of phenols is 1.